The summed E-state index contributed by atoms with van der Waals surface area (Å²) in [5.41, 5.74) is 6.29. The third kappa shape index (κ3) is 5.29. The van der Waals surface area contributed by atoms with E-state index in [1.54, 1.807) is 4.90 Å². The lowest BCUT2D eigenvalue weighted by atomic mass is 10.2. The van der Waals surface area contributed by atoms with E-state index in [1.807, 2.05) is 18.2 Å². The Morgan fingerprint density at radius 3 is 2.41 bits per heavy atom. The number of nitro benzene ring substituents is 1. The van der Waals surface area contributed by atoms with Crippen molar-refractivity contribution in [3.05, 3.63) is 69.8 Å². The van der Waals surface area contributed by atoms with Gasteiger partial charge in [-0.05, 0) is 17.7 Å². The quantitative estimate of drug-likeness (QED) is 0.340. The van der Waals surface area contributed by atoms with Gasteiger partial charge in [0.1, 0.15) is 5.69 Å². The monoisotopic (exact) mass is 398 g/mol. The maximum Gasteiger partial charge on any atom is 0.338 e. The molecule has 1 fully saturated rings. The first kappa shape index (κ1) is 20.3. The van der Waals surface area contributed by atoms with E-state index < -0.39 is 17.5 Å². The molecule has 152 valence electrons. The number of nitrogen functional groups attached to an aromatic ring is 1. The Labute approximate surface area is 167 Å². The molecule has 0 atom stereocenters. The van der Waals surface area contributed by atoms with Gasteiger partial charge in [0, 0.05) is 38.8 Å². The van der Waals surface area contributed by atoms with E-state index in [9.17, 15) is 19.7 Å². The number of nitrogens with zero attached hydrogens (tertiary/aromatic N) is 3. The van der Waals surface area contributed by atoms with Crippen LogP contribution in [0.5, 0.6) is 0 Å². The fraction of sp³-hybridized carbons (Fsp3) is 0.300. The fourth-order valence-corrected chi connectivity index (χ4v) is 3.13. The molecule has 0 spiro atoms. The number of hydrogen-bond acceptors (Lipinski definition) is 7. The molecule has 0 saturated carbocycles. The molecule has 2 aromatic carbocycles. The van der Waals surface area contributed by atoms with E-state index in [2.05, 4.69) is 17.0 Å². The minimum atomic E-state index is -0.802. The third-order valence-electron chi connectivity index (χ3n) is 4.76. The summed E-state index contributed by atoms with van der Waals surface area (Å²) in [4.78, 5) is 38.6. The summed E-state index contributed by atoms with van der Waals surface area (Å²) in [6.07, 6.45) is 0. The molecule has 1 aliphatic rings. The zero-order valence-electron chi connectivity index (χ0n) is 15.8. The number of nitro groups is 1. The lowest BCUT2D eigenvalue weighted by Gasteiger charge is -2.34. The number of hydrogen-bond donors (Lipinski definition) is 1. The molecule has 2 N–H and O–H groups in total. The number of nitrogens with two attached hydrogens (primary N) is 1. The molecule has 1 heterocycles. The van der Waals surface area contributed by atoms with E-state index in [-0.39, 0.29) is 22.8 Å². The summed E-state index contributed by atoms with van der Waals surface area (Å²) < 4.78 is 5.03. The number of piperazine rings is 1. The topological polar surface area (TPSA) is 119 Å². The Kier molecular flexibility index (Phi) is 6.40. The van der Waals surface area contributed by atoms with Gasteiger partial charge in [0.05, 0.1) is 10.5 Å². The van der Waals surface area contributed by atoms with Crippen LogP contribution in [0.3, 0.4) is 0 Å². The Bertz CT molecular complexity index is 895. The summed E-state index contributed by atoms with van der Waals surface area (Å²) >= 11 is 0. The van der Waals surface area contributed by atoms with Gasteiger partial charge < -0.3 is 15.4 Å². The van der Waals surface area contributed by atoms with Crippen LogP contribution in [0.15, 0.2) is 48.5 Å². The van der Waals surface area contributed by atoms with Crippen molar-refractivity contribution in [2.45, 2.75) is 6.54 Å². The first-order valence-corrected chi connectivity index (χ1v) is 9.19. The van der Waals surface area contributed by atoms with Gasteiger partial charge in [-0.1, -0.05) is 30.3 Å². The lowest BCUT2D eigenvalue weighted by molar-refractivity contribution is -0.383. The van der Waals surface area contributed by atoms with Crippen LogP contribution in [-0.2, 0) is 16.1 Å². The van der Waals surface area contributed by atoms with E-state index in [1.165, 1.54) is 17.7 Å². The zero-order valence-corrected chi connectivity index (χ0v) is 15.8. The molecular weight excluding hydrogens is 376 g/mol. The fourth-order valence-electron chi connectivity index (χ4n) is 3.13. The van der Waals surface area contributed by atoms with Gasteiger partial charge in [0.2, 0.25) is 0 Å². The number of carbonyl (C=O) groups is 2. The molecule has 1 saturated heterocycles. The number of ether oxygens (including phenoxy) is 1. The number of esters is 1. The highest BCUT2D eigenvalue weighted by Gasteiger charge is 2.23. The van der Waals surface area contributed by atoms with E-state index in [0.717, 1.165) is 25.7 Å². The first-order valence-electron chi connectivity index (χ1n) is 9.19. The number of carbonyl (C=O) groups excluding carboxylic acids is 2. The van der Waals surface area contributed by atoms with Crippen molar-refractivity contribution >= 4 is 23.3 Å². The molecule has 1 aliphatic heterocycles. The highest BCUT2D eigenvalue weighted by atomic mass is 16.6. The van der Waals surface area contributed by atoms with Crippen molar-refractivity contribution in [1.82, 2.24) is 9.80 Å². The van der Waals surface area contributed by atoms with Crippen LogP contribution in [0.2, 0.25) is 0 Å². The van der Waals surface area contributed by atoms with Crippen LogP contribution >= 0.6 is 0 Å². The molecule has 0 bridgehead atoms. The van der Waals surface area contributed by atoms with E-state index in [0.29, 0.717) is 13.1 Å². The van der Waals surface area contributed by atoms with Crippen molar-refractivity contribution in [3.63, 3.8) is 0 Å². The average molecular weight is 398 g/mol. The molecule has 0 aliphatic carbocycles. The second-order valence-corrected chi connectivity index (χ2v) is 6.75. The summed E-state index contributed by atoms with van der Waals surface area (Å²) in [5.74, 6) is -1.09. The van der Waals surface area contributed by atoms with Crippen LogP contribution in [0, 0.1) is 10.1 Å². The minimum Gasteiger partial charge on any atom is -0.452 e. The minimum absolute atomic E-state index is 0.0219. The molecule has 0 aromatic heterocycles. The van der Waals surface area contributed by atoms with Gasteiger partial charge in [-0.2, -0.15) is 0 Å². The number of benzene rings is 2. The Hall–Kier alpha value is -3.46. The van der Waals surface area contributed by atoms with Gasteiger partial charge in [-0.25, -0.2) is 4.79 Å². The highest BCUT2D eigenvalue weighted by molar-refractivity contribution is 5.92. The van der Waals surface area contributed by atoms with Crippen LogP contribution in [0.4, 0.5) is 11.4 Å². The van der Waals surface area contributed by atoms with E-state index >= 15 is 0 Å². The lowest BCUT2D eigenvalue weighted by Crippen LogP contribution is -2.49. The number of anilines is 1. The molecule has 0 radical (unpaired) electrons. The standard InChI is InChI=1S/C20H22N4O5/c21-17-7-6-16(12-18(17)24(27)28)20(26)29-14-19(25)23-10-8-22(9-11-23)13-15-4-2-1-3-5-15/h1-7,12H,8-11,13-14,21H2. The van der Waals surface area contributed by atoms with Crippen molar-refractivity contribution in [3.8, 4) is 0 Å². The van der Waals surface area contributed by atoms with Crippen LogP contribution in [0.25, 0.3) is 0 Å². The Balaban J connectivity index is 1.47. The predicted octanol–water partition coefficient (Wildman–Crippen LogP) is 1.68. The smallest absolute Gasteiger partial charge is 0.338 e. The summed E-state index contributed by atoms with van der Waals surface area (Å²) in [5, 5.41) is 10.9. The molecule has 0 unspecified atom stereocenters. The van der Waals surface area contributed by atoms with Gasteiger partial charge in [0.25, 0.3) is 11.6 Å². The van der Waals surface area contributed by atoms with Gasteiger partial charge in [0.15, 0.2) is 6.61 Å². The zero-order chi connectivity index (χ0) is 20.8. The largest absolute Gasteiger partial charge is 0.452 e. The molecule has 1 amide bonds. The third-order valence-corrected chi connectivity index (χ3v) is 4.76. The molecule has 3 rings (SSSR count). The SMILES string of the molecule is Nc1ccc(C(=O)OCC(=O)N2CCN(Cc3ccccc3)CC2)cc1[N+](=O)[O-]. The molecule has 29 heavy (non-hydrogen) atoms. The normalized spacial score (nSPS) is 14.4. The maximum absolute atomic E-state index is 12.3. The van der Waals surface area contributed by atoms with Gasteiger partial charge in [-0.3, -0.25) is 19.8 Å². The molecular formula is C20H22N4O5. The second-order valence-electron chi connectivity index (χ2n) is 6.75. The Morgan fingerprint density at radius 1 is 1.07 bits per heavy atom. The molecule has 9 heteroatoms. The van der Waals surface area contributed by atoms with Crippen molar-refractivity contribution < 1.29 is 19.2 Å². The second kappa shape index (κ2) is 9.16. The first-order chi connectivity index (χ1) is 13.9. The van der Waals surface area contributed by atoms with Gasteiger partial charge >= 0.3 is 5.97 Å². The summed E-state index contributed by atoms with van der Waals surface area (Å²) in [6, 6.07) is 13.8. The highest BCUT2D eigenvalue weighted by Crippen LogP contribution is 2.22. The van der Waals surface area contributed by atoms with Crippen LogP contribution < -0.4 is 5.73 Å². The predicted molar refractivity (Wildman–Crippen MR) is 106 cm³/mol. The average Bonchev–Trinajstić information content (AvgIpc) is 2.73. The van der Waals surface area contributed by atoms with E-state index in [4.69, 9.17) is 10.5 Å². The Morgan fingerprint density at radius 2 is 1.76 bits per heavy atom. The summed E-state index contributed by atoms with van der Waals surface area (Å²) in [6.45, 7) is 2.99. The number of rotatable bonds is 6. The van der Waals surface area contributed by atoms with Crippen LogP contribution in [-0.4, -0.2) is 59.4 Å². The van der Waals surface area contributed by atoms with Gasteiger partial charge in [-0.15, -0.1) is 0 Å². The van der Waals surface area contributed by atoms with Crippen molar-refractivity contribution in [2.75, 3.05) is 38.5 Å². The maximum atomic E-state index is 12.3. The molecule has 9 nitrogen and oxygen atoms in total. The number of amides is 1. The van der Waals surface area contributed by atoms with Crippen molar-refractivity contribution in [1.29, 1.82) is 0 Å². The van der Waals surface area contributed by atoms with Crippen LogP contribution in [0.1, 0.15) is 15.9 Å². The molecule has 2 aromatic rings. The summed E-state index contributed by atoms with van der Waals surface area (Å²) in [7, 11) is 0. The van der Waals surface area contributed by atoms with Crippen molar-refractivity contribution in [2.24, 2.45) is 0 Å².